The van der Waals surface area contributed by atoms with Crippen molar-refractivity contribution in [2.24, 2.45) is 0 Å². The molecule has 0 unspecified atom stereocenters. The highest BCUT2D eigenvalue weighted by molar-refractivity contribution is 14.1. The molecule has 2 aromatic rings. The predicted octanol–water partition coefficient (Wildman–Crippen LogP) is 2.06. The van der Waals surface area contributed by atoms with Gasteiger partial charge in [0.2, 0.25) is 0 Å². The second-order valence-corrected chi connectivity index (χ2v) is 3.68. The number of halogens is 2. The lowest BCUT2D eigenvalue weighted by Crippen LogP contribution is -1.87. The number of anilines is 1. The van der Waals surface area contributed by atoms with Gasteiger partial charge in [0, 0.05) is 11.8 Å². The first kappa shape index (κ1) is 9.38. The lowest BCUT2D eigenvalue weighted by molar-refractivity contribution is 0.435. The van der Waals surface area contributed by atoms with Gasteiger partial charge < -0.3 is 10.3 Å². The quantitative estimate of drug-likeness (QED) is 0.819. The number of nitrogen functional groups attached to an aromatic ring is 1. The molecule has 2 heterocycles. The Hall–Kier alpha value is -1.18. The summed E-state index contributed by atoms with van der Waals surface area (Å²) in [6.45, 7) is 0. The summed E-state index contributed by atoms with van der Waals surface area (Å²) in [5, 5.41) is 3.57. The van der Waals surface area contributed by atoms with Gasteiger partial charge in [0.1, 0.15) is 9.39 Å². The van der Waals surface area contributed by atoms with Crippen LogP contribution >= 0.6 is 22.6 Å². The van der Waals surface area contributed by atoms with Crippen LogP contribution in [0.25, 0.3) is 11.3 Å². The van der Waals surface area contributed by atoms with Crippen molar-refractivity contribution in [1.82, 2.24) is 10.1 Å². The Morgan fingerprint density at radius 1 is 1.43 bits per heavy atom. The van der Waals surface area contributed by atoms with Crippen LogP contribution in [-0.4, -0.2) is 10.1 Å². The van der Waals surface area contributed by atoms with Crippen molar-refractivity contribution >= 4 is 28.4 Å². The van der Waals surface area contributed by atoms with Gasteiger partial charge in [-0.2, -0.15) is 0 Å². The van der Waals surface area contributed by atoms with Crippen LogP contribution in [0.15, 0.2) is 23.0 Å². The van der Waals surface area contributed by atoms with Crippen LogP contribution in [0.1, 0.15) is 0 Å². The molecule has 0 saturated heterocycles. The number of nitrogens with two attached hydrogens (primary N) is 1. The Labute approximate surface area is 92.4 Å². The summed E-state index contributed by atoms with van der Waals surface area (Å²) in [5.74, 6) is 0.313. The molecule has 6 heteroatoms. The number of rotatable bonds is 1. The molecule has 0 bridgehead atoms. The second kappa shape index (κ2) is 3.52. The third-order valence-corrected chi connectivity index (χ3v) is 2.67. The van der Waals surface area contributed by atoms with Gasteiger partial charge in [-0.25, -0.2) is 4.39 Å². The fraction of sp³-hybridized carbons (Fsp3) is 0. The van der Waals surface area contributed by atoms with E-state index in [-0.39, 0.29) is 0 Å². The van der Waals surface area contributed by atoms with Gasteiger partial charge in [-0.05, 0) is 28.7 Å². The predicted molar refractivity (Wildman–Crippen MR) is 56.8 cm³/mol. The monoisotopic (exact) mass is 305 g/mol. The van der Waals surface area contributed by atoms with E-state index in [1.54, 1.807) is 0 Å². The summed E-state index contributed by atoms with van der Waals surface area (Å²) < 4.78 is 18.4. The normalized spacial score (nSPS) is 10.4. The molecular formula is C8H5FIN3O. The van der Waals surface area contributed by atoms with Gasteiger partial charge in [0.05, 0.1) is 6.20 Å². The topological polar surface area (TPSA) is 64.9 Å². The van der Waals surface area contributed by atoms with Crippen molar-refractivity contribution in [1.29, 1.82) is 0 Å². The number of aromatic nitrogens is 2. The molecule has 0 saturated carbocycles. The fourth-order valence-electron chi connectivity index (χ4n) is 1.01. The van der Waals surface area contributed by atoms with E-state index in [9.17, 15) is 4.39 Å². The number of hydrogen-bond donors (Lipinski definition) is 1. The minimum atomic E-state index is -0.423. The summed E-state index contributed by atoms with van der Waals surface area (Å²) in [6.07, 6.45) is 2.61. The molecule has 0 aliphatic heterocycles. The minimum absolute atomic E-state index is 0.296. The van der Waals surface area contributed by atoms with Crippen molar-refractivity contribution < 1.29 is 8.91 Å². The average molecular weight is 305 g/mol. The number of hydrogen-bond acceptors (Lipinski definition) is 4. The molecule has 0 radical (unpaired) electrons. The summed E-state index contributed by atoms with van der Waals surface area (Å²) in [7, 11) is 0. The molecule has 0 amide bonds. The van der Waals surface area contributed by atoms with Gasteiger partial charge in [-0.3, -0.25) is 4.98 Å². The third kappa shape index (κ3) is 1.57. The van der Waals surface area contributed by atoms with E-state index in [2.05, 4.69) is 10.1 Å². The Bertz CT molecular complexity index is 471. The summed E-state index contributed by atoms with van der Waals surface area (Å²) in [6, 6.07) is 1.31. The van der Waals surface area contributed by atoms with E-state index >= 15 is 0 Å². The molecular weight excluding hydrogens is 300 g/mol. The number of pyridine rings is 1. The molecule has 2 aromatic heterocycles. The maximum atomic E-state index is 12.8. The molecule has 72 valence electrons. The minimum Gasteiger partial charge on any atom is -0.380 e. The average Bonchev–Trinajstić information content (AvgIpc) is 2.48. The molecule has 0 aliphatic carbocycles. The fourth-order valence-corrected chi connectivity index (χ4v) is 1.52. The van der Waals surface area contributed by atoms with Crippen molar-refractivity contribution in [2.75, 3.05) is 5.73 Å². The van der Waals surface area contributed by atoms with Crippen LogP contribution in [0.2, 0.25) is 0 Å². The van der Waals surface area contributed by atoms with Gasteiger partial charge in [0.15, 0.2) is 11.6 Å². The molecule has 0 spiro atoms. The van der Waals surface area contributed by atoms with Crippen LogP contribution < -0.4 is 5.73 Å². The van der Waals surface area contributed by atoms with Crippen molar-refractivity contribution in [3.8, 4) is 11.3 Å². The lowest BCUT2D eigenvalue weighted by Gasteiger charge is -1.95. The van der Waals surface area contributed by atoms with Crippen LogP contribution in [0.3, 0.4) is 0 Å². The van der Waals surface area contributed by atoms with E-state index in [1.165, 1.54) is 12.3 Å². The van der Waals surface area contributed by atoms with E-state index in [0.717, 1.165) is 6.20 Å². The zero-order chi connectivity index (χ0) is 10.1. The summed E-state index contributed by atoms with van der Waals surface area (Å²) in [4.78, 5) is 3.70. The van der Waals surface area contributed by atoms with E-state index in [4.69, 9.17) is 10.3 Å². The van der Waals surface area contributed by atoms with Crippen LogP contribution in [-0.2, 0) is 0 Å². The Kier molecular flexibility index (Phi) is 2.36. The highest BCUT2D eigenvalue weighted by Gasteiger charge is 2.13. The maximum Gasteiger partial charge on any atom is 0.184 e. The van der Waals surface area contributed by atoms with Crippen LogP contribution in [0.5, 0.6) is 0 Å². The first-order valence-electron chi connectivity index (χ1n) is 3.70. The standard InChI is InChI=1S/C8H5FIN3O/c9-5-1-4(2-12-3-5)7-6(10)8(11)13-14-7/h1-3H,(H2,11,13). The van der Waals surface area contributed by atoms with Crippen molar-refractivity contribution in [3.05, 3.63) is 27.8 Å². The summed E-state index contributed by atoms with van der Waals surface area (Å²) >= 11 is 1.98. The second-order valence-electron chi connectivity index (χ2n) is 2.60. The summed E-state index contributed by atoms with van der Waals surface area (Å²) in [5.41, 5.74) is 6.02. The van der Waals surface area contributed by atoms with Crippen LogP contribution in [0.4, 0.5) is 10.2 Å². The maximum absolute atomic E-state index is 12.8. The largest absolute Gasteiger partial charge is 0.380 e. The Morgan fingerprint density at radius 2 is 2.21 bits per heavy atom. The Balaban J connectivity index is 2.55. The van der Waals surface area contributed by atoms with Gasteiger partial charge in [-0.1, -0.05) is 5.16 Å². The smallest absolute Gasteiger partial charge is 0.184 e. The van der Waals surface area contributed by atoms with Gasteiger partial charge in [-0.15, -0.1) is 0 Å². The zero-order valence-electron chi connectivity index (χ0n) is 6.87. The van der Waals surface area contributed by atoms with Crippen molar-refractivity contribution in [2.45, 2.75) is 0 Å². The molecule has 14 heavy (non-hydrogen) atoms. The van der Waals surface area contributed by atoms with Gasteiger partial charge >= 0.3 is 0 Å². The lowest BCUT2D eigenvalue weighted by atomic mass is 10.2. The molecule has 0 fully saturated rings. The number of nitrogens with zero attached hydrogens (tertiary/aromatic N) is 2. The first-order valence-corrected chi connectivity index (χ1v) is 4.78. The molecule has 0 atom stereocenters. The van der Waals surface area contributed by atoms with Gasteiger partial charge in [0.25, 0.3) is 0 Å². The first-order chi connectivity index (χ1) is 6.68. The van der Waals surface area contributed by atoms with E-state index < -0.39 is 5.82 Å². The van der Waals surface area contributed by atoms with Crippen LogP contribution in [0, 0.1) is 9.39 Å². The SMILES string of the molecule is Nc1noc(-c2cncc(F)c2)c1I. The van der Waals surface area contributed by atoms with Crippen molar-refractivity contribution in [3.63, 3.8) is 0 Å². The molecule has 4 nitrogen and oxygen atoms in total. The highest BCUT2D eigenvalue weighted by atomic mass is 127. The Morgan fingerprint density at radius 3 is 2.79 bits per heavy atom. The molecule has 2 N–H and O–H groups in total. The zero-order valence-corrected chi connectivity index (χ0v) is 9.03. The molecule has 0 aromatic carbocycles. The highest BCUT2D eigenvalue weighted by Crippen LogP contribution is 2.28. The molecule has 2 rings (SSSR count). The third-order valence-electron chi connectivity index (χ3n) is 1.63. The van der Waals surface area contributed by atoms with E-state index in [0.29, 0.717) is 20.7 Å². The molecule has 0 aliphatic rings. The van der Waals surface area contributed by atoms with E-state index in [1.807, 2.05) is 22.6 Å².